The Labute approximate surface area is 162 Å². The number of methoxy groups -OCH3 is 1. The highest BCUT2D eigenvalue weighted by molar-refractivity contribution is 7.14. The maximum Gasteiger partial charge on any atom is 0.273 e. The number of amides is 2. The number of nitrogens with zero attached hydrogens (tertiary/aromatic N) is 2. The second-order valence-electron chi connectivity index (χ2n) is 6.40. The third kappa shape index (κ3) is 5.27. The van der Waals surface area contributed by atoms with Gasteiger partial charge in [0.25, 0.3) is 5.91 Å². The van der Waals surface area contributed by atoms with Crippen LogP contribution in [0.15, 0.2) is 35.7 Å². The Morgan fingerprint density at radius 3 is 2.93 bits per heavy atom. The maximum absolute atomic E-state index is 12.8. The first-order valence-electron chi connectivity index (χ1n) is 9.01. The van der Waals surface area contributed by atoms with Crippen molar-refractivity contribution in [3.8, 4) is 0 Å². The second kappa shape index (κ2) is 9.48. The van der Waals surface area contributed by atoms with Crippen LogP contribution in [0.2, 0.25) is 0 Å². The van der Waals surface area contributed by atoms with E-state index in [1.807, 2.05) is 30.3 Å². The Morgan fingerprint density at radius 1 is 1.33 bits per heavy atom. The molecule has 144 valence electrons. The number of nitrogens with one attached hydrogen (secondary N) is 2. The lowest BCUT2D eigenvalue weighted by Crippen LogP contribution is -2.46. The van der Waals surface area contributed by atoms with E-state index in [2.05, 4.69) is 15.6 Å². The molecule has 1 saturated heterocycles. The van der Waals surface area contributed by atoms with Crippen molar-refractivity contribution < 1.29 is 14.3 Å². The molecule has 27 heavy (non-hydrogen) atoms. The molecule has 0 saturated carbocycles. The van der Waals surface area contributed by atoms with Crippen molar-refractivity contribution >= 4 is 34.0 Å². The number of carbonyl (C=O) groups excluding carboxylic acids is 2. The lowest BCUT2D eigenvalue weighted by molar-refractivity contribution is -0.126. The molecule has 0 radical (unpaired) electrons. The molecule has 1 aliphatic heterocycles. The van der Waals surface area contributed by atoms with Crippen molar-refractivity contribution in [2.45, 2.75) is 12.8 Å². The van der Waals surface area contributed by atoms with E-state index < -0.39 is 0 Å². The van der Waals surface area contributed by atoms with Gasteiger partial charge >= 0.3 is 0 Å². The molecule has 1 atom stereocenters. The molecule has 2 amide bonds. The minimum atomic E-state index is -0.180. The third-order valence-electron chi connectivity index (χ3n) is 4.43. The van der Waals surface area contributed by atoms with Crippen LogP contribution in [0.4, 0.5) is 10.8 Å². The van der Waals surface area contributed by atoms with E-state index in [-0.39, 0.29) is 17.7 Å². The van der Waals surface area contributed by atoms with E-state index >= 15 is 0 Å². The van der Waals surface area contributed by atoms with Gasteiger partial charge in [-0.1, -0.05) is 18.2 Å². The molecule has 3 rings (SSSR count). The fourth-order valence-corrected chi connectivity index (χ4v) is 3.74. The van der Waals surface area contributed by atoms with Crippen LogP contribution in [0.3, 0.4) is 0 Å². The predicted molar refractivity (Wildman–Crippen MR) is 105 cm³/mol. The van der Waals surface area contributed by atoms with Gasteiger partial charge in [0, 0.05) is 37.8 Å². The number of benzene rings is 1. The monoisotopic (exact) mass is 388 g/mol. The summed E-state index contributed by atoms with van der Waals surface area (Å²) in [6.07, 6.45) is 1.60. The van der Waals surface area contributed by atoms with Gasteiger partial charge in [-0.2, -0.15) is 0 Å². The molecule has 1 fully saturated rings. The van der Waals surface area contributed by atoms with E-state index in [0.29, 0.717) is 37.1 Å². The Kier molecular flexibility index (Phi) is 6.78. The van der Waals surface area contributed by atoms with Crippen LogP contribution in [-0.2, 0) is 9.53 Å². The van der Waals surface area contributed by atoms with Gasteiger partial charge < -0.3 is 20.3 Å². The van der Waals surface area contributed by atoms with Crippen molar-refractivity contribution in [1.82, 2.24) is 15.2 Å². The van der Waals surface area contributed by atoms with E-state index in [4.69, 9.17) is 4.74 Å². The number of piperidine rings is 1. The topological polar surface area (TPSA) is 83.6 Å². The molecule has 2 aromatic rings. The average Bonchev–Trinajstić information content (AvgIpc) is 3.17. The van der Waals surface area contributed by atoms with Crippen molar-refractivity contribution in [3.63, 3.8) is 0 Å². The Balaban J connectivity index is 1.58. The third-order valence-corrected chi connectivity index (χ3v) is 5.19. The zero-order valence-electron chi connectivity index (χ0n) is 15.3. The maximum atomic E-state index is 12.8. The number of carbonyl (C=O) groups is 2. The Bertz CT molecular complexity index is 765. The van der Waals surface area contributed by atoms with Crippen LogP contribution in [0, 0.1) is 5.92 Å². The number of hydrogen-bond acceptors (Lipinski definition) is 6. The van der Waals surface area contributed by atoms with Crippen LogP contribution in [0.1, 0.15) is 23.3 Å². The first-order chi connectivity index (χ1) is 13.2. The lowest BCUT2D eigenvalue weighted by Gasteiger charge is -2.31. The van der Waals surface area contributed by atoms with Gasteiger partial charge in [-0.25, -0.2) is 4.98 Å². The standard InChI is InChI=1S/C19H24N4O3S/c1-26-11-9-20-17(24)14-6-5-10-23(12-14)18(25)16-13-27-19(22-16)21-15-7-3-2-4-8-15/h2-4,7-8,13-14H,5-6,9-12H2,1H3,(H,20,24)(H,21,22). The number of aromatic nitrogens is 1. The molecule has 2 N–H and O–H groups in total. The van der Waals surface area contributed by atoms with Gasteiger partial charge in [0.1, 0.15) is 5.69 Å². The van der Waals surface area contributed by atoms with Gasteiger partial charge in [0.05, 0.1) is 12.5 Å². The minimum absolute atomic E-state index is 0.0192. The fourth-order valence-electron chi connectivity index (χ4n) is 3.03. The molecular weight excluding hydrogens is 364 g/mol. The highest BCUT2D eigenvalue weighted by Crippen LogP contribution is 2.23. The molecule has 7 nitrogen and oxygen atoms in total. The molecule has 0 spiro atoms. The zero-order valence-corrected chi connectivity index (χ0v) is 16.1. The fraction of sp³-hybridized carbons (Fsp3) is 0.421. The van der Waals surface area contributed by atoms with Crippen molar-refractivity contribution in [2.75, 3.05) is 38.7 Å². The summed E-state index contributed by atoms with van der Waals surface area (Å²) < 4.78 is 4.95. The van der Waals surface area contributed by atoms with Crippen LogP contribution in [-0.4, -0.2) is 55.0 Å². The summed E-state index contributed by atoms with van der Waals surface area (Å²) in [7, 11) is 1.60. The zero-order chi connectivity index (χ0) is 19.1. The molecule has 0 aliphatic carbocycles. The summed E-state index contributed by atoms with van der Waals surface area (Å²) >= 11 is 1.39. The van der Waals surface area contributed by atoms with Crippen LogP contribution < -0.4 is 10.6 Å². The summed E-state index contributed by atoms with van der Waals surface area (Å²) in [5.74, 6) is -0.323. The number of para-hydroxylation sites is 1. The quantitative estimate of drug-likeness (QED) is 0.712. The van der Waals surface area contributed by atoms with Gasteiger partial charge in [0.15, 0.2) is 5.13 Å². The van der Waals surface area contributed by atoms with Crippen molar-refractivity contribution in [1.29, 1.82) is 0 Å². The average molecular weight is 388 g/mol. The molecule has 1 aromatic heterocycles. The summed E-state index contributed by atoms with van der Waals surface area (Å²) in [6.45, 7) is 2.05. The summed E-state index contributed by atoms with van der Waals surface area (Å²) in [5, 5.41) is 8.49. The second-order valence-corrected chi connectivity index (χ2v) is 7.26. The first-order valence-corrected chi connectivity index (χ1v) is 9.89. The minimum Gasteiger partial charge on any atom is -0.383 e. The van der Waals surface area contributed by atoms with Gasteiger partial charge in [-0.05, 0) is 25.0 Å². The highest BCUT2D eigenvalue weighted by atomic mass is 32.1. The number of hydrogen-bond donors (Lipinski definition) is 2. The first kappa shape index (κ1) is 19.3. The van der Waals surface area contributed by atoms with Gasteiger partial charge in [-0.15, -0.1) is 11.3 Å². The van der Waals surface area contributed by atoms with E-state index in [0.717, 1.165) is 18.5 Å². The predicted octanol–water partition coefficient (Wildman–Crippen LogP) is 2.50. The largest absolute Gasteiger partial charge is 0.383 e. The number of ether oxygens (including phenoxy) is 1. The van der Waals surface area contributed by atoms with Gasteiger partial charge in [-0.3, -0.25) is 9.59 Å². The van der Waals surface area contributed by atoms with Crippen LogP contribution in [0.25, 0.3) is 0 Å². The number of anilines is 2. The number of thiazole rings is 1. The van der Waals surface area contributed by atoms with Crippen LogP contribution >= 0.6 is 11.3 Å². The van der Waals surface area contributed by atoms with Crippen molar-refractivity contribution in [2.24, 2.45) is 5.92 Å². The molecular formula is C19H24N4O3S. The van der Waals surface area contributed by atoms with E-state index in [9.17, 15) is 9.59 Å². The molecule has 1 unspecified atom stereocenters. The van der Waals surface area contributed by atoms with E-state index in [1.165, 1.54) is 11.3 Å². The molecule has 1 aromatic carbocycles. The normalized spacial score (nSPS) is 16.8. The van der Waals surface area contributed by atoms with E-state index in [1.54, 1.807) is 17.4 Å². The van der Waals surface area contributed by atoms with Gasteiger partial charge in [0.2, 0.25) is 5.91 Å². The number of likely N-dealkylation sites (tertiary alicyclic amines) is 1. The summed E-state index contributed by atoms with van der Waals surface area (Å²) in [6, 6.07) is 9.71. The molecule has 0 bridgehead atoms. The number of rotatable bonds is 7. The SMILES string of the molecule is COCCNC(=O)C1CCCN(C(=O)c2csc(Nc3ccccc3)n2)C1. The Hall–Kier alpha value is -2.45. The van der Waals surface area contributed by atoms with Crippen molar-refractivity contribution in [3.05, 3.63) is 41.4 Å². The Morgan fingerprint density at radius 2 is 2.15 bits per heavy atom. The highest BCUT2D eigenvalue weighted by Gasteiger charge is 2.29. The smallest absolute Gasteiger partial charge is 0.273 e. The lowest BCUT2D eigenvalue weighted by atomic mass is 9.97. The molecule has 2 heterocycles. The molecule has 1 aliphatic rings. The van der Waals surface area contributed by atoms with Crippen LogP contribution in [0.5, 0.6) is 0 Å². The molecule has 8 heteroatoms. The summed E-state index contributed by atoms with van der Waals surface area (Å²) in [4.78, 5) is 31.2. The summed E-state index contributed by atoms with van der Waals surface area (Å²) in [5.41, 5.74) is 1.34.